The molecule has 0 aliphatic carbocycles. The first-order chi connectivity index (χ1) is 65.7. The number of nitrogens with one attached hydrogen (secondary N) is 20. The van der Waals surface area contributed by atoms with Gasteiger partial charge in [0.25, 0.3) is 0 Å². The quantitative estimate of drug-likeness (QED) is 0.0129. The molecule has 1 heterocycles. The van der Waals surface area contributed by atoms with Crippen LogP contribution >= 0.6 is 0 Å². The number of fused-ring (bicyclic) bond motifs is 1. The van der Waals surface area contributed by atoms with Gasteiger partial charge in [0.2, 0.25) is 94.5 Å². The van der Waals surface area contributed by atoms with Crippen molar-refractivity contribution in [3.8, 4) is 5.75 Å². The van der Waals surface area contributed by atoms with Crippen molar-refractivity contribution in [3.05, 3.63) is 102 Å². The largest absolute Gasteiger partial charge is 0.508 e. The van der Waals surface area contributed by atoms with E-state index in [0.29, 0.717) is 68.2 Å². The van der Waals surface area contributed by atoms with Crippen molar-refractivity contribution < 1.29 is 81.8 Å². The second-order valence-electron chi connectivity index (χ2n) is 36.8. The maximum absolute atomic E-state index is 15.2. The van der Waals surface area contributed by atoms with Gasteiger partial charge in [-0.05, 0) is 188 Å². The third-order valence-electron chi connectivity index (χ3n) is 23.5. The molecule has 0 unspecified atom stereocenters. The molecule has 772 valence electrons. The van der Waals surface area contributed by atoms with Crippen LogP contribution in [-0.2, 0) is 96.0 Å². The highest BCUT2D eigenvalue weighted by atomic mass is 16.3. The lowest BCUT2D eigenvalue weighted by Gasteiger charge is -2.31. The maximum Gasteiger partial charge on any atom is 0.243 e. The second-order valence-corrected chi connectivity index (χ2v) is 36.8. The highest BCUT2D eigenvalue weighted by Gasteiger charge is 2.41. The van der Waals surface area contributed by atoms with Gasteiger partial charge in [-0.25, -0.2) is 0 Å². The number of benzene rings is 3. The number of aromatic hydroxyl groups is 1. The molecule has 16 amide bonds. The van der Waals surface area contributed by atoms with Crippen molar-refractivity contribution in [3.63, 3.8) is 0 Å². The highest BCUT2D eigenvalue weighted by Crippen LogP contribution is 2.22. The molecule has 17 atom stereocenters. The van der Waals surface area contributed by atoms with Crippen LogP contribution in [0.1, 0.15) is 203 Å². The first-order valence-corrected chi connectivity index (χ1v) is 48.0. The molecule has 0 saturated heterocycles. The molecule has 4 aromatic rings. The number of carbonyl (C=O) groups is 16. The number of para-hydroxylation sites is 1. The van der Waals surface area contributed by atoms with Crippen LogP contribution in [0.25, 0.3) is 10.9 Å². The summed E-state index contributed by atoms with van der Waals surface area (Å²) in [5.41, 5.74) is 42.8. The van der Waals surface area contributed by atoms with Crippen LogP contribution in [0.2, 0.25) is 0 Å². The molecular formula is C95H155N27O17. The molecule has 3 aromatic carbocycles. The standard InChI is InChI=1S/C95H155N27O17/c1-14-55(10)77(122-92(138)76(54(8)9)121-85(131)67(34-22-25-43-98)113-91(137)75(53(6)7)119-81(127)58(13)110-90(136)74(52(4)5)120-86(132)69(36-27-45-106-95(103)104)111-79(125)56(11)108-82(128)64(99)31-20-23-41-96)93(139)114-68(35-26-44-105-94(101)102)84(130)117-72(47-59-28-16-15-17-29-59)89(135)116-71(46-51(2)3)87(133)118-73(48-60-37-39-62(123)40-38-60)88(134)112-66(33-21-24-42-97)83(129)109-57(12)80(126)115-70(78(100)124)49-61-50-107-65-32-19-18-30-63(61)65/h15-19,28-30,32,37-40,50-58,64,66-77,107,123H,14,20-27,31,33-36,41-49,96-99H2,1-13H3,(H2,100,124)(H,108,128)(H,109,129)(H,110,136)(H,111,125)(H,112,134)(H,113,137)(H,114,139)(H,115,126)(H,116,135)(H,117,130)(H,118,133)(H,119,127)(H,120,132)(H,121,131)(H,122,138)(H4,101,102,105)(H4,103,104,106)/t55-,56-,57-,58-,64-,66-,67-,68-,69-,70-,71-,72-,73-,74-,75-,76-,77-/m0/s1. The van der Waals surface area contributed by atoms with E-state index in [1.54, 1.807) is 106 Å². The summed E-state index contributed by atoms with van der Waals surface area (Å²) in [7, 11) is 0. The van der Waals surface area contributed by atoms with E-state index in [-0.39, 0.29) is 114 Å². The molecule has 0 fully saturated rings. The molecule has 0 aliphatic heterocycles. The normalized spacial score (nSPS) is 15.0. The number of carbonyl (C=O) groups excluding carboxylic acids is 16. The predicted molar refractivity (Wildman–Crippen MR) is 528 cm³/mol. The summed E-state index contributed by atoms with van der Waals surface area (Å²) in [6.07, 6.45) is 4.57. The predicted octanol–water partition coefficient (Wildman–Crippen LogP) is -1.98. The Balaban J connectivity index is 1.60. The smallest absolute Gasteiger partial charge is 0.243 e. The number of rotatable bonds is 64. The number of primary amides is 1. The van der Waals surface area contributed by atoms with Crippen LogP contribution in [0.15, 0.2) is 85.1 Å². The van der Waals surface area contributed by atoms with Gasteiger partial charge in [0, 0.05) is 49.5 Å². The minimum atomic E-state index is -1.51. The minimum Gasteiger partial charge on any atom is -0.508 e. The lowest BCUT2D eigenvalue weighted by Crippen LogP contribution is -2.62. The van der Waals surface area contributed by atoms with Crippen molar-refractivity contribution in [2.45, 2.75) is 302 Å². The molecule has 0 spiro atoms. The molecule has 1 aromatic heterocycles. The number of phenols is 1. The van der Waals surface area contributed by atoms with Gasteiger partial charge in [-0.2, -0.15) is 0 Å². The molecular weight excluding hydrogens is 1790 g/mol. The zero-order chi connectivity index (χ0) is 104. The summed E-state index contributed by atoms with van der Waals surface area (Å²) >= 11 is 0. The lowest BCUT2D eigenvalue weighted by molar-refractivity contribution is -0.137. The number of hydrogen-bond donors (Lipinski definition) is 28. The number of unbranched alkanes of at least 4 members (excludes halogenated alkanes) is 3. The molecule has 35 N–H and O–H groups in total. The third-order valence-corrected chi connectivity index (χ3v) is 23.5. The van der Waals surface area contributed by atoms with Gasteiger partial charge in [0.15, 0.2) is 11.9 Å². The van der Waals surface area contributed by atoms with Gasteiger partial charge in [0.05, 0.1) is 6.04 Å². The van der Waals surface area contributed by atoms with Crippen molar-refractivity contribution in [2.75, 3.05) is 32.7 Å². The van der Waals surface area contributed by atoms with E-state index in [1.807, 2.05) is 24.3 Å². The van der Waals surface area contributed by atoms with Gasteiger partial charge in [-0.15, -0.1) is 0 Å². The van der Waals surface area contributed by atoms with Crippen molar-refractivity contribution in [2.24, 2.45) is 69.7 Å². The van der Waals surface area contributed by atoms with Crippen LogP contribution < -0.4 is 131 Å². The summed E-state index contributed by atoms with van der Waals surface area (Å²) in [5.74, 6) is -16.9. The fourth-order valence-corrected chi connectivity index (χ4v) is 15.0. The van der Waals surface area contributed by atoms with E-state index < -0.39 is 221 Å². The number of phenolic OH excluding ortho intramolecular Hbond substituents is 1. The van der Waals surface area contributed by atoms with Crippen molar-refractivity contribution in [1.82, 2.24) is 95.4 Å². The zero-order valence-corrected chi connectivity index (χ0v) is 82.5. The highest BCUT2D eigenvalue weighted by molar-refractivity contribution is 6.01. The molecule has 0 radical (unpaired) electrons. The van der Waals surface area contributed by atoms with Crippen LogP contribution in [-0.4, -0.2) is 246 Å². The Labute approximate surface area is 813 Å². The number of nitrogens with two attached hydrogens (primary N) is 7. The Bertz CT molecular complexity index is 4690. The summed E-state index contributed by atoms with van der Waals surface area (Å²) in [4.78, 5) is 233. The first kappa shape index (κ1) is 118. The number of aromatic nitrogens is 1. The minimum absolute atomic E-state index is 0.00731. The summed E-state index contributed by atoms with van der Waals surface area (Å²) in [6, 6.07) is 0.329. The van der Waals surface area contributed by atoms with Gasteiger partial charge >= 0.3 is 0 Å². The first-order valence-electron chi connectivity index (χ1n) is 48.0. The summed E-state index contributed by atoms with van der Waals surface area (Å²) in [5, 5.41) is 72.4. The number of aromatic amines is 1. The van der Waals surface area contributed by atoms with Gasteiger partial charge in [-0.3, -0.25) is 87.5 Å². The molecule has 4 rings (SSSR count). The molecule has 0 bridgehead atoms. The third kappa shape index (κ3) is 42.0. The van der Waals surface area contributed by atoms with E-state index in [4.69, 9.17) is 51.0 Å². The SMILES string of the molecule is CC[C@H](C)[C@H](NC(=O)[C@@H](NC(=O)[C@H](CCCCN)NC(=O)[C@@H](NC(=O)[C@H](C)NC(=O)[C@@H](NC(=O)[C@H](CCCNC(=N)N)NC(=O)[C@H](C)NC(=O)[C@@H](N)CCCCN)C(C)C)C(C)C)C(C)C)C(=O)N[C@@H](CCCNC(=N)N)C(=O)N[C@@H](Cc1ccccc1)C(=O)N[C@@H](CC(C)C)C(=O)N[C@@H](Cc1ccc(O)cc1)C(=O)N[C@@H](CCCCN)C(=O)N[C@@H](C)C(=O)N[C@@H](Cc1c[nH]c2ccccc12)C(N)=O. The monoisotopic (exact) mass is 1950 g/mol. The maximum atomic E-state index is 15.2. The average Bonchev–Trinajstić information content (AvgIpc) is 1.67. The zero-order valence-electron chi connectivity index (χ0n) is 82.5. The van der Waals surface area contributed by atoms with Gasteiger partial charge in [0.1, 0.15) is 96.4 Å². The van der Waals surface area contributed by atoms with Crippen molar-refractivity contribution in [1.29, 1.82) is 10.8 Å². The van der Waals surface area contributed by atoms with E-state index in [9.17, 15) is 62.6 Å². The van der Waals surface area contributed by atoms with Gasteiger partial charge < -0.3 is 141 Å². The fraction of sp³-hybridized carbons (Fsp3) is 0.600. The Kier molecular flexibility index (Phi) is 52.1. The molecule has 0 aliphatic rings. The lowest BCUT2D eigenvalue weighted by atomic mass is 9.95. The summed E-state index contributed by atoms with van der Waals surface area (Å²) < 4.78 is 0. The van der Waals surface area contributed by atoms with E-state index in [0.717, 1.165) is 10.9 Å². The van der Waals surface area contributed by atoms with Crippen LogP contribution in [0.5, 0.6) is 5.75 Å². The fourth-order valence-electron chi connectivity index (χ4n) is 15.0. The van der Waals surface area contributed by atoms with Crippen LogP contribution in [0.4, 0.5) is 0 Å². The number of H-pyrrole nitrogens is 1. The van der Waals surface area contributed by atoms with Crippen LogP contribution in [0.3, 0.4) is 0 Å². The van der Waals surface area contributed by atoms with Gasteiger partial charge in [-0.1, -0.05) is 143 Å². The Morgan fingerprint density at radius 3 is 1.12 bits per heavy atom. The number of hydrogen-bond acceptors (Lipinski definition) is 23. The van der Waals surface area contributed by atoms with E-state index in [2.05, 4.69) is 95.4 Å². The number of guanidine groups is 2. The second kappa shape index (κ2) is 61.3. The molecule has 44 nitrogen and oxygen atoms in total. The average molecular weight is 1950 g/mol. The van der Waals surface area contributed by atoms with E-state index in [1.165, 1.54) is 45.0 Å². The Hall–Kier alpha value is -13.1. The van der Waals surface area contributed by atoms with Crippen LogP contribution in [0, 0.1) is 40.4 Å². The summed E-state index contributed by atoms with van der Waals surface area (Å²) in [6.45, 7) is 21.9. The Morgan fingerprint density at radius 1 is 0.345 bits per heavy atom. The molecule has 0 saturated carbocycles. The van der Waals surface area contributed by atoms with E-state index >= 15 is 19.2 Å². The molecule has 139 heavy (non-hydrogen) atoms. The molecule has 44 heteroatoms. The Morgan fingerprint density at radius 2 is 0.676 bits per heavy atom. The topological polar surface area (TPSA) is 743 Å². The van der Waals surface area contributed by atoms with Crippen molar-refractivity contribution >= 4 is 117 Å². The number of amides is 16.